The van der Waals surface area contributed by atoms with Gasteiger partial charge >= 0.3 is 10.4 Å². The van der Waals surface area contributed by atoms with Crippen molar-refractivity contribution >= 4 is 10.4 Å². The van der Waals surface area contributed by atoms with Crippen LogP contribution < -0.4 is 4.18 Å². The number of aromatic nitrogens is 1. The highest BCUT2D eigenvalue weighted by atomic mass is 32.3. The van der Waals surface area contributed by atoms with Gasteiger partial charge in [0.25, 0.3) is 0 Å². The van der Waals surface area contributed by atoms with Crippen LogP contribution in [0.3, 0.4) is 0 Å². The first-order valence-corrected chi connectivity index (χ1v) is 5.44. The van der Waals surface area contributed by atoms with E-state index in [1.165, 1.54) is 13.1 Å². The third-order valence-corrected chi connectivity index (χ3v) is 2.25. The lowest BCUT2D eigenvalue weighted by Crippen LogP contribution is -2.11. The van der Waals surface area contributed by atoms with Crippen LogP contribution in [0.1, 0.15) is 16.8 Å². The third kappa shape index (κ3) is 2.88. The Hall–Kier alpha value is -1.18. The zero-order valence-corrected chi connectivity index (χ0v) is 9.08. The molecule has 0 bridgehead atoms. The molecule has 6 nitrogen and oxygen atoms in total. The number of aryl methyl sites for hydroxylation is 2. The number of hydrogen-bond acceptors (Lipinski definition) is 5. The summed E-state index contributed by atoms with van der Waals surface area (Å²) in [5.41, 5.74) is 1.16. The van der Waals surface area contributed by atoms with Crippen LogP contribution in [0.2, 0.25) is 0 Å². The number of rotatable bonds is 3. The fourth-order valence-electron chi connectivity index (χ4n) is 1.14. The van der Waals surface area contributed by atoms with Crippen molar-refractivity contribution in [1.29, 1.82) is 0 Å². The highest BCUT2D eigenvalue weighted by molar-refractivity contribution is 7.81. The van der Waals surface area contributed by atoms with E-state index in [2.05, 4.69) is 9.17 Å². The molecule has 0 spiro atoms. The lowest BCUT2D eigenvalue weighted by atomic mass is 10.1. The number of aliphatic hydroxyl groups excluding tert-OH is 1. The molecule has 7 heteroatoms. The van der Waals surface area contributed by atoms with Crippen LogP contribution in [-0.2, 0) is 17.0 Å². The zero-order valence-electron chi connectivity index (χ0n) is 8.26. The fraction of sp³-hybridized carbons (Fsp3) is 0.375. The highest BCUT2D eigenvalue weighted by Gasteiger charge is 2.16. The van der Waals surface area contributed by atoms with Gasteiger partial charge in [-0.1, -0.05) is 0 Å². The van der Waals surface area contributed by atoms with Crippen LogP contribution in [0, 0.1) is 13.8 Å². The Morgan fingerprint density at radius 2 is 2.07 bits per heavy atom. The Morgan fingerprint density at radius 3 is 2.53 bits per heavy atom. The third-order valence-electron chi connectivity index (χ3n) is 1.88. The number of pyridine rings is 1. The van der Waals surface area contributed by atoms with Crippen LogP contribution in [0.5, 0.6) is 5.75 Å². The number of hydrogen-bond donors (Lipinski definition) is 2. The van der Waals surface area contributed by atoms with Crippen LogP contribution in [0.4, 0.5) is 0 Å². The van der Waals surface area contributed by atoms with Crippen LogP contribution in [0.15, 0.2) is 6.20 Å². The molecule has 0 aliphatic rings. The molecule has 0 aromatic carbocycles. The summed E-state index contributed by atoms with van der Waals surface area (Å²) in [5.74, 6) is -0.125. The van der Waals surface area contributed by atoms with Crippen molar-refractivity contribution in [3.05, 3.63) is 23.0 Å². The van der Waals surface area contributed by atoms with Gasteiger partial charge in [0.15, 0.2) is 5.75 Å². The van der Waals surface area contributed by atoms with Crippen molar-refractivity contribution < 1.29 is 22.3 Å². The molecule has 0 saturated heterocycles. The van der Waals surface area contributed by atoms with E-state index in [1.54, 1.807) is 6.92 Å². The second-order valence-corrected chi connectivity index (χ2v) is 4.03. The minimum Gasteiger partial charge on any atom is -0.392 e. The topological polar surface area (TPSA) is 96.7 Å². The van der Waals surface area contributed by atoms with Gasteiger partial charge in [-0.2, -0.15) is 8.42 Å². The quantitative estimate of drug-likeness (QED) is 0.732. The summed E-state index contributed by atoms with van der Waals surface area (Å²) in [6.45, 7) is 2.77. The first-order valence-electron chi connectivity index (χ1n) is 4.08. The SMILES string of the molecule is Cc1cnc(C)c(OS(=O)(=O)O)c1CO. The number of aliphatic hydroxyl groups is 1. The molecule has 1 aromatic heterocycles. The minimum absolute atomic E-state index is 0.125. The molecule has 2 N–H and O–H groups in total. The molecule has 0 amide bonds. The summed E-state index contributed by atoms with van der Waals surface area (Å²) in [7, 11) is -4.60. The Morgan fingerprint density at radius 1 is 1.47 bits per heavy atom. The summed E-state index contributed by atoms with van der Waals surface area (Å²) in [6.07, 6.45) is 1.48. The van der Waals surface area contributed by atoms with Gasteiger partial charge in [-0.3, -0.25) is 9.54 Å². The van der Waals surface area contributed by atoms with Gasteiger partial charge in [-0.05, 0) is 19.4 Å². The second kappa shape index (κ2) is 4.13. The molecular weight excluding hydrogens is 222 g/mol. The van der Waals surface area contributed by atoms with E-state index in [4.69, 9.17) is 9.66 Å². The molecule has 1 heterocycles. The van der Waals surface area contributed by atoms with Crippen molar-refractivity contribution in [2.45, 2.75) is 20.5 Å². The van der Waals surface area contributed by atoms with Gasteiger partial charge in [-0.25, -0.2) is 0 Å². The molecule has 0 atom stereocenters. The summed E-state index contributed by atoms with van der Waals surface area (Å²) in [4.78, 5) is 3.86. The largest absolute Gasteiger partial charge is 0.446 e. The van der Waals surface area contributed by atoms with Gasteiger partial charge in [-0.15, -0.1) is 0 Å². The molecule has 0 aliphatic heterocycles. The first kappa shape index (κ1) is 11.9. The van der Waals surface area contributed by atoms with Crippen molar-refractivity contribution in [3.8, 4) is 5.75 Å². The monoisotopic (exact) mass is 233 g/mol. The molecule has 1 aromatic rings. The summed E-state index contributed by atoms with van der Waals surface area (Å²) in [6, 6.07) is 0. The van der Waals surface area contributed by atoms with E-state index in [9.17, 15) is 8.42 Å². The summed E-state index contributed by atoms with van der Waals surface area (Å²) in [5, 5.41) is 9.04. The van der Waals surface area contributed by atoms with Crippen molar-refractivity contribution in [2.24, 2.45) is 0 Å². The Kier molecular flexibility index (Phi) is 3.28. The average Bonchev–Trinajstić information content (AvgIpc) is 2.10. The molecular formula is C8H11NO5S. The van der Waals surface area contributed by atoms with Gasteiger partial charge in [0, 0.05) is 11.8 Å². The van der Waals surface area contributed by atoms with Gasteiger partial charge in [0.2, 0.25) is 0 Å². The van der Waals surface area contributed by atoms with E-state index >= 15 is 0 Å². The van der Waals surface area contributed by atoms with Gasteiger partial charge in [0.1, 0.15) is 0 Å². The molecule has 0 aliphatic carbocycles. The molecule has 15 heavy (non-hydrogen) atoms. The van der Waals surface area contributed by atoms with E-state index in [-0.39, 0.29) is 18.1 Å². The maximum Gasteiger partial charge on any atom is 0.446 e. The van der Waals surface area contributed by atoms with Crippen molar-refractivity contribution in [2.75, 3.05) is 0 Å². The lowest BCUT2D eigenvalue weighted by molar-refractivity contribution is 0.275. The van der Waals surface area contributed by atoms with E-state index in [1.807, 2.05) is 0 Å². The van der Waals surface area contributed by atoms with E-state index in [0.29, 0.717) is 11.1 Å². The summed E-state index contributed by atoms with van der Waals surface area (Å²) < 4.78 is 34.0. The van der Waals surface area contributed by atoms with Gasteiger partial charge < -0.3 is 9.29 Å². The lowest BCUT2D eigenvalue weighted by Gasteiger charge is -2.11. The number of nitrogens with zero attached hydrogens (tertiary/aromatic N) is 1. The smallest absolute Gasteiger partial charge is 0.392 e. The van der Waals surface area contributed by atoms with Crippen LogP contribution in [-0.4, -0.2) is 23.1 Å². The molecule has 0 radical (unpaired) electrons. The standard InChI is InChI=1S/C8H11NO5S/c1-5-3-9-6(2)8(7(5)4-10)14-15(11,12)13/h3,10H,4H2,1-2H3,(H,11,12,13). The maximum atomic E-state index is 10.6. The van der Waals surface area contributed by atoms with E-state index in [0.717, 1.165) is 0 Å². The molecule has 84 valence electrons. The predicted octanol–water partition coefficient (Wildman–Crippen LogP) is 0.372. The van der Waals surface area contributed by atoms with Crippen molar-refractivity contribution in [1.82, 2.24) is 4.98 Å². The molecule has 0 unspecified atom stereocenters. The van der Waals surface area contributed by atoms with Gasteiger partial charge in [0.05, 0.1) is 12.3 Å². The Bertz CT molecular complexity index is 468. The normalized spacial score (nSPS) is 11.5. The van der Waals surface area contributed by atoms with E-state index < -0.39 is 10.4 Å². The average molecular weight is 233 g/mol. The Balaban J connectivity index is 3.32. The Labute approximate surface area is 87.5 Å². The maximum absolute atomic E-state index is 10.6. The van der Waals surface area contributed by atoms with Crippen LogP contribution in [0.25, 0.3) is 0 Å². The highest BCUT2D eigenvalue weighted by Crippen LogP contribution is 2.25. The van der Waals surface area contributed by atoms with Crippen molar-refractivity contribution in [3.63, 3.8) is 0 Å². The molecule has 0 saturated carbocycles. The zero-order chi connectivity index (χ0) is 11.6. The van der Waals surface area contributed by atoms with Crippen LogP contribution >= 0.6 is 0 Å². The molecule has 1 rings (SSSR count). The molecule has 0 fully saturated rings. The predicted molar refractivity (Wildman–Crippen MR) is 51.8 cm³/mol. The fourth-order valence-corrected chi connectivity index (χ4v) is 1.57. The first-order chi connectivity index (χ1) is 6.85. The second-order valence-electron chi connectivity index (χ2n) is 3.00. The minimum atomic E-state index is -4.60. The summed E-state index contributed by atoms with van der Waals surface area (Å²) >= 11 is 0.